The number of alkyl halides is 1. The summed E-state index contributed by atoms with van der Waals surface area (Å²) < 4.78 is 6.07. The molecule has 0 aliphatic carbocycles. The molecule has 0 fully saturated rings. The van der Waals surface area contributed by atoms with Gasteiger partial charge in [0.1, 0.15) is 25.8 Å². The fourth-order valence-electron chi connectivity index (χ4n) is 1.24. The van der Waals surface area contributed by atoms with Gasteiger partial charge in [-0.2, -0.15) is 0 Å². The molecule has 5 heteroatoms. The Morgan fingerprint density at radius 1 is 1.44 bits per heavy atom. The van der Waals surface area contributed by atoms with Gasteiger partial charge in [0.05, 0.1) is 26.2 Å². The van der Waals surface area contributed by atoms with Gasteiger partial charge in [0.15, 0.2) is 0 Å². The van der Waals surface area contributed by atoms with Crippen molar-refractivity contribution in [3.8, 4) is 0 Å². The summed E-state index contributed by atoms with van der Waals surface area (Å²) in [6, 6.07) is 0. The molecule has 0 aromatic rings. The molecule has 0 spiro atoms. The lowest BCUT2D eigenvalue weighted by molar-refractivity contribution is -0.893. The Hall–Kier alpha value is 0.0400. The van der Waals surface area contributed by atoms with E-state index < -0.39 is 6.10 Å². The fourth-order valence-corrected chi connectivity index (χ4v) is 1.33. The average molecular weight is 272 g/mol. The molecule has 0 aliphatic heterocycles. The summed E-state index contributed by atoms with van der Waals surface area (Å²) in [5.74, 6) is 0.288. The van der Waals surface area contributed by atoms with Gasteiger partial charge >= 0.3 is 0 Å². The third kappa shape index (κ3) is 10.6. The largest absolute Gasteiger partial charge is 1.00 e. The lowest BCUT2D eigenvalue weighted by Gasteiger charge is -2.31. The van der Waals surface area contributed by atoms with Crippen molar-refractivity contribution in [2.45, 2.75) is 20.0 Å². The summed E-state index contributed by atoms with van der Waals surface area (Å²) in [4.78, 5) is 0. The van der Waals surface area contributed by atoms with E-state index in [2.05, 4.69) is 14.1 Å². The maximum Gasteiger partial charge on any atom is 0.136 e. The monoisotopic (exact) mass is 271 g/mol. The molecule has 3 nitrogen and oxygen atoms in total. The highest BCUT2D eigenvalue weighted by atomic mass is 35.5. The number of aliphatic hydroxyl groups excluding tert-OH is 1. The first-order valence-corrected chi connectivity index (χ1v) is 5.72. The molecular weight excluding hydrogens is 249 g/mol. The molecule has 0 saturated heterocycles. The third-order valence-electron chi connectivity index (χ3n) is 2.02. The molecule has 0 bridgehead atoms. The van der Waals surface area contributed by atoms with Crippen LogP contribution in [0.2, 0.25) is 0 Å². The van der Waals surface area contributed by atoms with Crippen LogP contribution in [-0.4, -0.2) is 55.4 Å². The molecular formula is C11H23Cl2NO2. The van der Waals surface area contributed by atoms with Gasteiger partial charge in [-0.15, -0.1) is 11.6 Å². The van der Waals surface area contributed by atoms with E-state index in [9.17, 15) is 5.11 Å². The van der Waals surface area contributed by atoms with Crippen LogP contribution in [-0.2, 0) is 4.74 Å². The normalized spacial score (nSPS) is 12.6. The smallest absolute Gasteiger partial charge is 0.136 e. The lowest BCUT2D eigenvalue weighted by atomic mass is 10.3. The van der Waals surface area contributed by atoms with Crippen molar-refractivity contribution in [3.63, 3.8) is 0 Å². The Morgan fingerprint density at radius 2 is 2.00 bits per heavy atom. The molecule has 16 heavy (non-hydrogen) atoms. The number of quaternary nitrogens is 1. The van der Waals surface area contributed by atoms with Crippen molar-refractivity contribution >= 4 is 11.6 Å². The van der Waals surface area contributed by atoms with E-state index >= 15 is 0 Å². The van der Waals surface area contributed by atoms with Crippen LogP contribution >= 0.6 is 11.6 Å². The van der Waals surface area contributed by atoms with Crippen LogP contribution in [0.3, 0.4) is 0 Å². The van der Waals surface area contributed by atoms with Gasteiger partial charge in [0.2, 0.25) is 0 Å². The number of hydrogen-bond acceptors (Lipinski definition) is 2. The summed E-state index contributed by atoms with van der Waals surface area (Å²) >= 11 is 5.56. The van der Waals surface area contributed by atoms with Crippen LogP contribution in [0.25, 0.3) is 0 Å². The quantitative estimate of drug-likeness (QED) is 0.267. The Bertz CT molecular complexity index is 204. The maximum atomic E-state index is 9.44. The maximum absolute atomic E-state index is 9.44. The highest BCUT2D eigenvalue weighted by Gasteiger charge is 2.19. The van der Waals surface area contributed by atoms with E-state index in [-0.39, 0.29) is 18.3 Å². The zero-order valence-corrected chi connectivity index (χ0v) is 12.1. The van der Waals surface area contributed by atoms with E-state index in [0.29, 0.717) is 17.6 Å². The van der Waals surface area contributed by atoms with E-state index in [1.807, 2.05) is 13.8 Å². The molecule has 0 aromatic heterocycles. The topological polar surface area (TPSA) is 29.5 Å². The van der Waals surface area contributed by atoms with Crippen LogP contribution < -0.4 is 12.4 Å². The molecule has 0 amide bonds. The van der Waals surface area contributed by atoms with Crippen molar-refractivity contribution in [1.29, 1.82) is 0 Å². The van der Waals surface area contributed by atoms with Crippen molar-refractivity contribution < 1.29 is 26.7 Å². The lowest BCUT2D eigenvalue weighted by Crippen LogP contribution is -3.00. The fraction of sp³-hybridized carbons (Fsp3) is 0.818. The predicted molar refractivity (Wildman–Crippen MR) is 64.0 cm³/mol. The van der Waals surface area contributed by atoms with Gasteiger partial charge < -0.3 is 26.7 Å². The zero-order chi connectivity index (χ0) is 11.9. The highest BCUT2D eigenvalue weighted by molar-refractivity contribution is 6.18. The van der Waals surface area contributed by atoms with Crippen LogP contribution in [0.1, 0.15) is 13.8 Å². The first-order valence-electron chi connectivity index (χ1n) is 5.18. The van der Waals surface area contributed by atoms with E-state index in [0.717, 1.165) is 12.1 Å². The number of hydrogen-bond donors (Lipinski definition) is 1. The van der Waals surface area contributed by atoms with Gasteiger partial charge in [-0.05, 0) is 19.4 Å². The number of aliphatic hydroxyl groups is 1. The van der Waals surface area contributed by atoms with Gasteiger partial charge in [-0.1, -0.05) is 0 Å². The number of likely N-dealkylation sites (N-methyl/N-ethyl adjacent to an activating group) is 1. The Kier molecular flexibility index (Phi) is 10.5. The van der Waals surface area contributed by atoms with E-state index in [1.165, 1.54) is 0 Å². The molecule has 1 N–H and O–H groups in total. The molecule has 1 atom stereocenters. The Morgan fingerprint density at radius 3 is 2.44 bits per heavy atom. The SMILES string of the molecule is CC(C)=COCC[N+](C)(C)CC(O)CCl.[Cl-]. The van der Waals surface area contributed by atoms with Crippen LogP contribution in [0.5, 0.6) is 0 Å². The molecule has 98 valence electrons. The molecule has 0 aromatic carbocycles. The molecule has 0 rings (SSSR count). The summed E-state index contributed by atoms with van der Waals surface area (Å²) in [6.07, 6.45) is 1.32. The predicted octanol–water partition coefficient (Wildman–Crippen LogP) is -1.39. The first kappa shape index (κ1) is 18.4. The first-order chi connectivity index (χ1) is 6.87. The minimum absolute atomic E-state index is 0. The second kappa shape index (κ2) is 9.11. The van der Waals surface area contributed by atoms with Crippen LogP contribution in [0.4, 0.5) is 0 Å². The minimum Gasteiger partial charge on any atom is -1.00 e. The van der Waals surface area contributed by atoms with Crippen molar-refractivity contribution in [1.82, 2.24) is 0 Å². The van der Waals surface area contributed by atoms with Gasteiger partial charge in [0.25, 0.3) is 0 Å². The van der Waals surface area contributed by atoms with Gasteiger partial charge in [-0.25, -0.2) is 0 Å². The van der Waals surface area contributed by atoms with Crippen molar-refractivity contribution in [3.05, 3.63) is 11.8 Å². The van der Waals surface area contributed by atoms with Crippen LogP contribution in [0, 0.1) is 0 Å². The second-order valence-corrected chi connectivity index (χ2v) is 5.02. The Balaban J connectivity index is 0. The molecule has 0 heterocycles. The van der Waals surface area contributed by atoms with Crippen molar-refractivity contribution in [2.75, 3.05) is 39.7 Å². The van der Waals surface area contributed by atoms with Crippen molar-refractivity contribution in [2.24, 2.45) is 0 Å². The summed E-state index contributed by atoms with van der Waals surface area (Å²) in [6.45, 7) is 6.17. The summed E-state index contributed by atoms with van der Waals surface area (Å²) in [7, 11) is 4.11. The number of rotatable bonds is 7. The highest BCUT2D eigenvalue weighted by Crippen LogP contribution is 2.02. The number of allylic oxidation sites excluding steroid dienone is 1. The molecule has 1 unspecified atom stereocenters. The minimum atomic E-state index is -0.440. The van der Waals surface area contributed by atoms with E-state index in [4.69, 9.17) is 16.3 Å². The van der Waals surface area contributed by atoms with Gasteiger partial charge in [0, 0.05) is 0 Å². The second-order valence-electron chi connectivity index (χ2n) is 4.72. The number of nitrogens with zero attached hydrogens (tertiary/aromatic N) is 1. The van der Waals surface area contributed by atoms with Gasteiger partial charge in [-0.3, -0.25) is 0 Å². The number of ether oxygens (including phenoxy) is 1. The molecule has 0 saturated carbocycles. The summed E-state index contributed by atoms with van der Waals surface area (Å²) in [5, 5.41) is 9.44. The van der Waals surface area contributed by atoms with Crippen LogP contribution in [0.15, 0.2) is 11.8 Å². The standard InChI is InChI=1S/C11H23ClNO2.ClH/c1-10(2)9-15-6-5-13(3,4)8-11(14)7-12;/h9,11,14H,5-8H2,1-4H3;1H/q+1;/p-1. The third-order valence-corrected chi connectivity index (χ3v) is 2.37. The Labute approximate surface area is 110 Å². The van der Waals surface area contributed by atoms with E-state index in [1.54, 1.807) is 6.26 Å². The molecule has 0 aliphatic rings. The molecule has 0 radical (unpaired) electrons. The number of halogens is 2. The zero-order valence-electron chi connectivity index (χ0n) is 10.5. The summed E-state index contributed by atoms with van der Waals surface area (Å²) in [5.41, 5.74) is 1.15. The average Bonchev–Trinajstić information content (AvgIpc) is 2.11.